The topological polar surface area (TPSA) is 70.0 Å². The van der Waals surface area contributed by atoms with Crippen LogP contribution in [0.2, 0.25) is 0 Å². The predicted molar refractivity (Wildman–Crippen MR) is 135 cm³/mol. The molecule has 0 radical (unpaired) electrons. The van der Waals surface area contributed by atoms with Gasteiger partial charge in [0.05, 0.1) is 13.0 Å². The lowest BCUT2D eigenvalue weighted by molar-refractivity contribution is -0.138. The number of aliphatic carboxylic acids is 1. The number of ether oxygens (including phenoxy) is 1. The summed E-state index contributed by atoms with van der Waals surface area (Å²) in [4.78, 5) is 13.1. The van der Waals surface area contributed by atoms with Crippen LogP contribution in [-0.4, -0.2) is 48.8 Å². The fraction of sp³-hybridized carbons (Fsp3) is 0.393. The van der Waals surface area contributed by atoms with Gasteiger partial charge in [-0.1, -0.05) is 50.2 Å². The number of carboxylic acid groups (broad SMARTS) is 1. The van der Waals surface area contributed by atoms with E-state index in [1.165, 1.54) is 5.56 Å². The van der Waals surface area contributed by atoms with Gasteiger partial charge in [0, 0.05) is 6.54 Å². The van der Waals surface area contributed by atoms with Crippen LogP contribution in [0.5, 0.6) is 11.5 Å². The highest BCUT2D eigenvalue weighted by molar-refractivity contribution is 5.86. The van der Waals surface area contributed by atoms with E-state index >= 15 is 0 Å². The lowest BCUT2D eigenvalue weighted by Gasteiger charge is -2.26. The maximum Gasteiger partial charge on any atom is 0.310 e. The molecule has 0 bridgehead atoms. The number of phenols is 1. The molecule has 5 heteroatoms. The molecule has 3 aromatic rings. The van der Waals surface area contributed by atoms with E-state index in [2.05, 4.69) is 38.9 Å². The van der Waals surface area contributed by atoms with E-state index in [0.29, 0.717) is 17.6 Å². The molecule has 0 saturated carbocycles. The number of phenolic OH excluding ortho intramolecular Hbond substituents is 1. The number of fused-ring (bicyclic) bond motifs is 1. The van der Waals surface area contributed by atoms with Crippen LogP contribution < -0.4 is 4.74 Å². The Morgan fingerprint density at radius 3 is 2.21 bits per heavy atom. The first-order valence-electron chi connectivity index (χ1n) is 11.4. The van der Waals surface area contributed by atoms with Gasteiger partial charge in [-0.2, -0.15) is 0 Å². The maximum absolute atomic E-state index is 10.9. The van der Waals surface area contributed by atoms with Crippen molar-refractivity contribution in [3.8, 4) is 11.5 Å². The minimum atomic E-state index is -0.808. The van der Waals surface area contributed by atoms with Crippen LogP contribution in [0.15, 0.2) is 60.7 Å². The monoisotopic (exact) mass is 451 g/mol. The Kier molecular flexibility index (Phi) is 9.74. The largest absolute Gasteiger partial charge is 0.508 e. The molecule has 0 saturated heterocycles. The van der Waals surface area contributed by atoms with E-state index in [4.69, 9.17) is 9.84 Å². The van der Waals surface area contributed by atoms with Gasteiger partial charge in [-0.05, 0) is 85.4 Å². The van der Waals surface area contributed by atoms with E-state index in [-0.39, 0.29) is 0 Å². The average Bonchev–Trinajstić information content (AvgIpc) is 2.78. The summed E-state index contributed by atoms with van der Waals surface area (Å²) in [5, 5.41) is 20.6. The molecule has 0 aliphatic heterocycles. The lowest BCUT2D eigenvalue weighted by atomic mass is 9.85. The molecule has 2 N–H and O–H groups in total. The van der Waals surface area contributed by atoms with Crippen molar-refractivity contribution in [3.05, 3.63) is 71.8 Å². The summed E-state index contributed by atoms with van der Waals surface area (Å²) < 4.78 is 5.14. The first-order chi connectivity index (χ1) is 15.7. The summed E-state index contributed by atoms with van der Waals surface area (Å²) in [6.07, 6.45) is 1.11. The van der Waals surface area contributed by atoms with Crippen LogP contribution in [0.3, 0.4) is 0 Å². The maximum atomic E-state index is 10.9. The third-order valence-electron chi connectivity index (χ3n) is 6.02. The quantitative estimate of drug-likeness (QED) is 0.432. The predicted octanol–water partition coefficient (Wildman–Crippen LogP) is 6.12. The van der Waals surface area contributed by atoms with Crippen molar-refractivity contribution in [1.29, 1.82) is 0 Å². The summed E-state index contributed by atoms with van der Waals surface area (Å²) in [6.45, 7) is 7.25. The summed E-state index contributed by atoms with van der Waals surface area (Å²) in [7, 11) is 5.83. The highest BCUT2D eigenvalue weighted by Crippen LogP contribution is 2.30. The number of hydrogen-bond donors (Lipinski definition) is 2. The van der Waals surface area contributed by atoms with Gasteiger partial charge in [0.25, 0.3) is 0 Å². The van der Waals surface area contributed by atoms with Crippen LogP contribution >= 0.6 is 0 Å². The van der Waals surface area contributed by atoms with Gasteiger partial charge >= 0.3 is 5.97 Å². The van der Waals surface area contributed by atoms with Gasteiger partial charge in [0.15, 0.2) is 0 Å². The van der Waals surface area contributed by atoms with E-state index in [1.54, 1.807) is 20.1 Å². The second-order valence-corrected chi connectivity index (χ2v) is 8.88. The molecule has 3 aromatic carbocycles. The normalized spacial score (nSPS) is 13.7. The summed E-state index contributed by atoms with van der Waals surface area (Å²) in [5.74, 6) is 1.00. The van der Waals surface area contributed by atoms with Gasteiger partial charge in [-0.25, -0.2) is 0 Å². The first-order valence-corrected chi connectivity index (χ1v) is 11.4. The molecule has 0 aliphatic rings. The van der Waals surface area contributed by atoms with Crippen LogP contribution in [0.25, 0.3) is 10.8 Å². The standard InChI is InChI=1S/C14H23NO.C14H14O3/c1-5-14(11(2)10-15(3)4)12-7-6-8-13(16)9-12;1-9(14(15)16)10-3-4-12-8-13(17-2)6-5-11(12)7-10/h6-9,11,14,16H,5,10H2,1-4H3;3-9H,1-2H3,(H,15,16). The molecular formula is C28H37NO4. The molecule has 0 heterocycles. The molecule has 5 nitrogen and oxygen atoms in total. The van der Waals surface area contributed by atoms with Gasteiger partial charge in [-0.3, -0.25) is 4.79 Å². The molecule has 0 fully saturated rings. The van der Waals surface area contributed by atoms with E-state index in [0.717, 1.165) is 35.1 Å². The van der Waals surface area contributed by atoms with E-state index in [9.17, 15) is 9.90 Å². The zero-order valence-corrected chi connectivity index (χ0v) is 20.6. The number of methoxy groups -OCH3 is 1. The van der Waals surface area contributed by atoms with Crippen LogP contribution in [0.1, 0.15) is 50.2 Å². The lowest BCUT2D eigenvalue weighted by Crippen LogP contribution is -2.24. The van der Waals surface area contributed by atoms with Crippen LogP contribution in [0, 0.1) is 5.92 Å². The van der Waals surface area contributed by atoms with Crippen LogP contribution in [0.4, 0.5) is 0 Å². The molecule has 33 heavy (non-hydrogen) atoms. The SMILES string of the molecule is CCC(c1cccc(O)c1)C(C)CN(C)C.COc1ccc2cc(C(C)C(=O)O)ccc2c1. The molecule has 3 unspecified atom stereocenters. The highest BCUT2D eigenvalue weighted by atomic mass is 16.5. The molecule has 178 valence electrons. The van der Waals surface area contributed by atoms with Gasteiger partial charge < -0.3 is 19.8 Å². The van der Waals surface area contributed by atoms with E-state index < -0.39 is 11.9 Å². The Bertz CT molecular complexity index is 1050. The van der Waals surface area contributed by atoms with E-state index in [1.807, 2.05) is 48.5 Å². The number of hydrogen-bond acceptors (Lipinski definition) is 4. The molecule has 0 aromatic heterocycles. The van der Waals surface area contributed by atoms with Crippen molar-refractivity contribution < 1.29 is 19.7 Å². The fourth-order valence-corrected chi connectivity index (χ4v) is 4.21. The summed E-state index contributed by atoms with van der Waals surface area (Å²) in [6, 6.07) is 19.1. The summed E-state index contributed by atoms with van der Waals surface area (Å²) in [5.41, 5.74) is 2.06. The minimum Gasteiger partial charge on any atom is -0.508 e. The average molecular weight is 452 g/mol. The van der Waals surface area contributed by atoms with Crippen molar-refractivity contribution in [2.45, 2.75) is 39.0 Å². The Hall–Kier alpha value is -3.05. The van der Waals surface area contributed by atoms with Crippen molar-refractivity contribution in [2.24, 2.45) is 5.92 Å². The smallest absolute Gasteiger partial charge is 0.310 e. The second kappa shape index (κ2) is 12.3. The summed E-state index contributed by atoms with van der Waals surface area (Å²) >= 11 is 0. The van der Waals surface area contributed by atoms with Gasteiger partial charge in [-0.15, -0.1) is 0 Å². The third-order valence-corrected chi connectivity index (χ3v) is 6.02. The van der Waals surface area contributed by atoms with Crippen molar-refractivity contribution in [3.63, 3.8) is 0 Å². The third kappa shape index (κ3) is 7.50. The Morgan fingerprint density at radius 1 is 0.970 bits per heavy atom. The Balaban J connectivity index is 0.000000234. The molecule has 3 atom stereocenters. The fourth-order valence-electron chi connectivity index (χ4n) is 4.21. The minimum absolute atomic E-state index is 0.369. The van der Waals surface area contributed by atoms with Gasteiger partial charge in [0.2, 0.25) is 0 Å². The van der Waals surface area contributed by atoms with Crippen molar-refractivity contribution >= 4 is 16.7 Å². The first kappa shape index (κ1) is 26.2. The van der Waals surface area contributed by atoms with Gasteiger partial charge in [0.1, 0.15) is 11.5 Å². The second-order valence-electron chi connectivity index (χ2n) is 8.88. The number of nitrogens with zero attached hydrogens (tertiary/aromatic N) is 1. The van der Waals surface area contributed by atoms with Crippen LogP contribution in [-0.2, 0) is 4.79 Å². The number of benzene rings is 3. The van der Waals surface area contributed by atoms with Crippen molar-refractivity contribution in [1.82, 2.24) is 4.90 Å². The molecule has 0 aliphatic carbocycles. The number of rotatable bonds is 8. The molecule has 0 spiro atoms. The zero-order valence-electron chi connectivity index (χ0n) is 20.6. The van der Waals surface area contributed by atoms with Crippen molar-refractivity contribution in [2.75, 3.05) is 27.7 Å². The molecular weight excluding hydrogens is 414 g/mol. The number of carboxylic acids is 1. The number of aromatic hydroxyl groups is 1. The highest BCUT2D eigenvalue weighted by Gasteiger charge is 2.18. The Morgan fingerprint density at radius 2 is 1.64 bits per heavy atom. The number of carbonyl (C=O) groups is 1. The Labute approximate surface area is 197 Å². The molecule has 3 rings (SSSR count). The molecule has 0 amide bonds. The zero-order chi connectivity index (χ0) is 24.5.